The Morgan fingerprint density at radius 1 is 1.12 bits per heavy atom. The van der Waals surface area contributed by atoms with E-state index in [1.807, 2.05) is 24.3 Å². The quantitative estimate of drug-likeness (QED) is 0.576. The van der Waals surface area contributed by atoms with Crippen molar-refractivity contribution in [2.45, 2.75) is 24.7 Å². The molecular weight excluding hydrogens is 432 g/mol. The summed E-state index contributed by atoms with van der Waals surface area (Å²) in [5, 5.41) is 0. The molecule has 0 aromatic heterocycles. The second-order valence-corrected chi connectivity index (χ2v) is 9.47. The van der Waals surface area contributed by atoms with Crippen LogP contribution in [0.25, 0.3) is 0 Å². The predicted octanol–water partition coefficient (Wildman–Crippen LogP) is 2.65. The van der Waals surface area contributed by atoms with Gasteiger partial charge in [0.2, 0.25) is 10.0 Å². The summed E-state index contributed by atoms with van der Waals surface area (Å²) in [5.74, 6) is 1.08. The first-order valence-electron chi connectivity index (χ1n) is 10.6. The molecule has 1 heterocycles. The highest BCUT2D eigenvalue weighted by Crippen LogP contribution is 2.26. The fourth-order valence-electron chi connectivity index (χ4n) is 3.47. The molecule has 1 aliphatic rings. The summed E-state index contributed by atoms with van der Waals surface area (Å²) in [6.45, 7) is 6.22. The zero-order chi connectivity index (χ0) is 23.1. The van der Waals surface area contributed by atoms with Crippen molar-refractivity contribution in [1.29, 1.82) is 0 Å². The summed E-state index contributed by atoms with van der Waals surface area (Å²) >= 11 is 0. The Bertz CT molecular complexity index is 1030. The molecule has 0 unspecified atom stereocenters. The fraction of sp³-hybridized carbons (Fsp3) is 0.435. The molecule has 174 valence electrons. The van der Waals surface area contributed by atoms with Gasteiger partial charge in [0, 0.05) is 19.6 Å². The van der Waals surface area contributed by atoms with E-state index < -0.39 is 10.0 Å². The molecule has 8 nitrogen and oxygen atoms in total. The lowest BCUT2D eigenvalue weighted by molar-refractivity contribution is 0.0300. The summed E-state index contributed by atoms with van der Waals surface area (Å²) in [6.07, 6.45) is 0. The average molecular weight is 463 g/mol. The van der Waals surface area contributed by atoms with Crippen LogP contribution in [0.1, 0.15) is 35.7 Å². The van der Waals surface area contributed by atoms with E-state index in [0.29, 0.717) is 38.0 Å². The van der Waals surface area contributed by atoms with Gasteiger partial charge in [-0.25, -0.2) is 13.1 Å². The third-order valence-electron chi connectivity index (χ3n) is 5.20. The van der Waals surface area contributed by atoms with Crippen molar-refractivity contribution in [3.05, 3.63) is 53.6 Å². The Kier molecular flexibility index (Phi) is 8.11. The van der Waals surface area contributed by atoms with E-state index in [1.165, 1.54) is 25.3 Å². The molecule has 2 aromatic rings. The molecule has 1 N–H and O–H groups in total. The molecule has 32 heavy (non-hydrogen) atoms. The predicted molar refractivity (Wildman–Crippen MR) is 121 cm³/mol. The number of rotatable bonds is 9. The number of para-hydroxylation sites is 1. The zero-order valence-electron chi connectivity index (χ0n) is 18.7. The number of methoxy groups -OCH3 is 1. The maximum absolute atomic E-state index is 12.9. The molecule has 1 fully saturated rings. The van der Waals surface area contributed by atoms with Gasteiger partial charge in [-0.05, 0) is 35.7 Å². The van der Waals surface area contributed by atoms with Gasteiger partial charge in [0.15, 0.2) is 0 Å². The smallest absolute Gasteiger partial charge is 0.257 e. The molecule has 0 spiro atoms. The number of hydrogen-bond donors (Lipinski definition) is 1. The molecule has 0 atom stereocenters. The third kappa shape index (κ3) is 5.79. The van der Waals surface area contributed by atoms with Gasteiger partial charge >= 0.3 is 0 Å². The SMILES string of the molecule is COc1ccc(S(=O)(=O)NCCOc2ccccc2C(C)C)cc1C(=O)N1CCOCC1. The van der Waals surface area contributed by atoms with Gasteiger partial charge in [0.05, 0.1) is 30.8 Å². The first kappa shape index (κ1) is 24.0. The molecule has 3 rings (SSSR count). The second-order valence-electron chi connectivity index (χ2n) is 7.71. The first-order chi connectivity index (χ1) is 15.3. The van der Waals surface area contributed by atoms with Gasteiger partial charge in [-0.2, -0.15) is 0 Å². The summed E-state index contributed by atoms with van der Waals surface area (Å²) in [5.41, 5.74) is 1.27. The summed E-state index contributed by atoms with van der Waals surface area (Å²) in [7, 11) is -2.39. The van der Waals surface area contributed by atoms with Crippen LogP contribution < -0.4 is 14.2 Å². The van der Waals surface area contributed by atoms with E-state index in [9.17, 15) is 13.2 Å². The van der Waals surface area contributed by atoms with Crippen molar-refractivity contribution in [2.24, 2.45) is 0 Å². The minimum absolute atomic E-state index is 0.00232. The van der Waals surface area contributed by atoms with Crippen LogP contribution in [0, 0.1) is 0 Å². The molecule has 0 aliphatic carbocycles. The molecule has 0 radical (unpaired) electrons. The van der Waals surface area contributed by atoms with Crippen LogP contribution in [0.4, 0.5) is 0 Å². The van der Waals surface area contributed by atoms with Crippen molar-refractivity contribution < 1.29 is 27.4 Å². The number of carbonyl (C=O) groups is 1. The lowest BCUT2D eigenvalue weighted by Crippen LogP contribution is -2.40. The van der Waals surface area contributed by atoms with Crippen LogP contribution in [-0.2, 0) is 14.8 Å². The zero-order valence-corrected chi connectivity index (χ0v) is 19.5. The van der Waals surface area contributed by atoms with Gasteiger partial charge in [0.25, 0.3) is 5.91 Å². The molecular formula is C23H30N2O6S. The van der Waals surface area contributed by atoms with Crippen LogP contribution in [0.15, 0.2) is 47.4 Å². The number of sulfonamides is 1. The van der Waals surface area contributed by atoms with Crippen molar-refractivity contribution in [2.75, 3.05) is 46.6 Å². The van der Waals surface area contributed by atoms with Crippen molar-refractivity contribution >= 4 is 15.9 Å². The Morgan fingerprint density at radius 3 is 2.53 bits per heavy atom. The number of carbonyl (C=O) groups excluding carboxylic acids is 1. The average Bonchev–Trinajstić information content (AvgIpc) is 2.81. The van der Waals surface area contributed by atoms with Crippen LogP contribution in [0.3, 0.4) is 0 Å². The summed E-state index contributed by atoms with van der Waals surface area (Å²) < 4.78 is 44.5. The highest BCUT2D eigenvalue weighted by molar-refractivity contribution is 7.89. The van der Waals surface area contributed by atoms with E-state index in [1.54, 1.807) is 4.90 Å². The van der Waals surface area contributed by atoms with Crippen LogP contribution in [0.5, 0.6) is 11.5 Å². The van der Waals surface area contributed by atoms with Crippen LogP contribution in [-0.4, -0.2) is 65.8 Å². The minimum atomic E-state index is -3.83. The summed E-state index contributed by atoms with van der Waals surface area (Å²) in [4.78, 5) is 14.5. The Hall–Kier alpha value is -2.62. The third-order valence-corrected chi connectivity index (χ3v) is 6.66. The van der Waals surface area contributed by atoms with Gasteiger partial charge < -0.3 is 19.1 Å². The van der Waals surface area contributed by atoms with Crippen molar-refractivity contribution in [3.63, 3.8) is 0 Å². The number of morpholine rings is 1. The first-order valence-corrected chi connectivity index (χ1v) is 12.1. The maximum Gasteiger partial charge on any atom is 0.257 e. The highest BCUT2D eigenvalue weighted by atomic mass is 32.2. The highest BCUT2D eigenvalue weighted by Gasteiger charge is 2.24. The van der Waals surface area contributed by atoms with Gasteiger partial charge in [-0.3, -0.25) is 4.79 Å². The fourth-order valence-corrected chi connectivity index (χ4v) is 4.51. The molecule has 1 amide bonds. The van der Waals surface area contributed by atoms with Crippen molar-refractivity contribution in [3.8, 4) is 11.5 Å². The number of amides is 1. The molecule has 0 saturated carbocycles. The van der Waals surface area contributed by atoms with Gasteiger partial charge in [-0.15, -0.1) is 0 Å². The van der Waals surface area contributed by atoms with E-state index in [-0.39, 0.29) is 29.5 Å². The molecule has 9 heteroatoms. The number of ether oxygens (including phenoxy) is 3. The standard InChI is InChI=1S/C23H30N2O6S/c1-17(2)19-6-4-5-7-22(19)31-13-10-24-32(27,28)18-8-9-21(29-3)20(16-18)23(26)25-11-14-30-15-12-25/h4-9,16-17,24H,10-15H2,1-3H3. The Morgan fingerprint density at radius 2 is 1.84 bits per heavy atom. The maximum atomic E-state index is 12.9. The number of hydrogen-bond acceptors (Lipinski definition) is 6. The van der Waals surface area contributed by atoms with E-state index in [2.05, 4.69) is 18.6 Å². The lowest BCUT2D eigenvalue weighted by Gasteiger charge is -2.27. The van der Waals surface area contributed by atoms with Crippen molar-refractivity contribution in [1.82, 2.24) is 9.62 Å². The topological polar surface area (TPSA) is 94.2 Å². The molecule has 1 aliphatic heterocycles. The van der Waals surface area contributed by atoms with E-state index >= 15 is 0 Å². The number of benzene rings is 2. The second kappa shape index (κ2) is 10.8. The Labute approximate surface area is 189 Å². The van der Waals surface area contributed by atoms with Crippen LogP contribution >= 0.6 is 0 Å². The molecule has 2 aromatic carbocycles. The minimum Gasteiger partial charge on any atom is -0.496 e. The summed E-state index contributed by atoms with van der Waals surface area (Å²) in [6, 6.07) is 12.0. The largest absolute Gasteiger partial charge is 0.496 e. The number of nitrogens with zero attached hydrogens (tertiary/aromatic N) is 1. The Balaban J connectivity index is 1.68. The van der Waals surface area contributed by atoms with E-state index in [0.717, 1.165) is 11.3 Å². The van der Waals surface area contributed by atoms with Gasteiger partial charge in [-0.1, -0.05) is 32.0 Å². The molecule has 0 bridgehead atoms. The lowest BCUT2D eigenvalue weighted by atomic mass is 10.0. The molecule has 1 saturated heterocycles. The van der Waals surface area contributed by atoms with Gasteiger partial charge in [0.1, 0.15) is 18.1 Å². The van der Waals surface area contributed by atoms with E-state index in [4.69, 9.17) is 14.2 Å². The number of nitrogens with one attached hydrogen (secondary N) is 1. The van der Waals surface area contributed by atoms with Crippen LogP contribution in [0.2, 0.25) is 0 Å². The normalized spacial score (nSPS) is 14.4. The monoisotopic (exact) mass is 462 g/mol.